The summed E-state index contributed by atoms with van der Waals surface area (Å²) in [6.45, 7) is -3.10. The summed E-state index contributed by atoms with van der Waals surface area (Å²) < 4.78 is 10.2. The number of nitrogens with one attached hydrogen (secondary N) is 1. The largest absolute Gasteiger partial charge is 0.469 e. The molecule has 1 atom stereocenters. The number of ketones is 1. The number of nitrogens with zero attached hydrogens (tertiary/aromatic N) is 1. The molecule has 0 saturated heterocycles. The first-order valence-corrected chi connectivity index (χ1v) is 14.7. The van der Waals surface area contributed by atoms with E-state index in [2.05, 4.69) is 11.4 Å². The van der Waals surface area contributed by atoms with Crippen LogP contribution in [0, 0.1) is 11.3 Å². The van der Waals surface area contributed by atoms with Gasteiger partial charge in [-0.3, -0.25) is 9.59 Å². The fourth-order valence-corrected chi connectivity index (χ4v) is 8.78. The maximum absolute atomic E-state index is 14.4. The van der Waals surface area contributed by atoms with E-state index < -0.39 is 37.2 Å². The SMILES string of the molecule is COC(=O)CC(NC(=O)OCc1ccccc1)C(=O)C(C#N)=P(c1ccccc1)(c1ccccc1)c1ccccc1. The van der Waals surface area contributed by atoms with Crippen LogP contribution in [0.25, 0.3) is 0 Å². The van der Waals surface area contributed by atoms with Gasteiger partial charge in [-0.2, -0.15) is 5.26 Å². The van der Waals surface area contributed by atoms with Crippen LogP contribution in [-0.2, 0) is 25.7 Å². The molecular formula is C33H29N2O5P. The summed E-state index contributed by atoms with van der Waals surface area (Å²) in [5.74, 6) is -1.40. The van der Waals surface area contributed by atoms with Gasteiger partial charge in [-0.05, 0) is 28.4 Å². The predicted octanol–water partition coefficient (Wildman–Crippen LogP) is 4.10. The lowest BCUT2D eigenvalue weighted by atomic mass is 10.1. The number of carbonyl (C=O) groups excluding carboxylic acids is 3. The van der Waals surface area contributed by atoms with Gasteiger partial charge in [-0.25, -0.2) is 4.79 Å². The van der Waals surface area contributed by atoms with Crippen molar-refractivity contribution in [2.45, 2.75) is 19.1 Å². The Bertz CT molecular complexity index is 1480. The normalized spacial score (nSPS) is 11.4. The first-order chi connectivity index (χ1) is 20.0. The lowest BCUT2D eigenvalue weighted by Gasteiger charge is -2.31. The standard InChI is InChI=1S/C33H29N2O5P/c1-39-31(36)22-29(35-33(38)40-24-25-14-6-2-7-15-25)32(37)30(23-34)41(26-16-8-3-9-17-26,27-18-10-4-11-19-27)28-20-12-5-13-21-28/h2-21,29H,22,24H2,1H3,(H,35,38). The van der Waals surface area contributed by atoms with Crippen molar-refractivity contribution in [3.05, 3.63) is 127 Å². The molecule has 0 fully saturated rings. The Morgan fingerprint density at radius 3 is 1.61 bits per heavy atom. The summed E-state index contributed by atoms with van der Waals surface area (Å²) in [5.41, 5.74) is 0.755. The second kappa shape index (κ2) is 13.9. The molecule has 0 radical (unpaired) electrons. The fraction of sp³-hybridized carbons (Fsp3) is 0.121. The van der Waals surface area contributed by atoms with Crippen molar-refractivity contribution in [3.63, 3.8) is 0 Å². The lowest BCUT2D eigenvalue weighted by molar-refractivity contribution is -0.142. The number of alkyl carbamates (subject to hydrolysis) is 1. The molecule has 41 heavy (non-hydrogen) atoms. The second-order valence-electron chi connectivity index (χ2n) is 9.04. The lowest BCUT2D eigenvalue weighted by Crippen LogP contribution is -2.47. The average Bonchev–Trinajstić information content (AvgIpc) is 3.03. The Kier molecular flexibility index (Phi) is 9.88. The van der Waals surface area contributed by atoms with Crippen LogP contribution in [0.1, 0.15) is 12.0 Å². The summed E-state index contributed by atoms with van der Waals surface area (Å²) in [4.78, 5) is 39.7. The third-order valence-electron chi connectivity index (χ3n) is 6.52. The van der Waals surface area contributed by atoms with E-state index in [9.17, 15) is 19.6 Å². The second-order valence-corrected chi connectivity index (χ2v) is 12.4. The van der Waals surface area contributed by atoms with E-state index in [4.69, 9.17) is 9.47 Å². The molecule has 0 aromatic heterocycles. The third kappa shape index (κ3) is 6.63. The third-order valence-corrected chi connectivity index (χ3v) is 10.7. The number of ether oxygens (including phenoxy) is 2. The van der Waals surface area contributed by atoms with E-state index >= 15 is 0 Å². The van der Waals surface area contributed by atoms with Gasteiger partial charge in [-0.1, -0.05) is 121 Å². The maximum atomic E-state index is 14.4. The van der Waals surface area contributed by atoms with Crippen LogP contribution in [0.4, 0.5) is 4.79 Å². The molecule has 1 amide bonds. The highest BCUT2D eigenvalue weighted by Gasteiger charge is 2.37. The minimum atomic E-state index is -3.07. The number of esters is 1. The van der Waals surface area contributed by atoms with E-state index in [-0.39, 0.29) is 11.9 Å². The van der Waals surface area contributed by atoms with Crippen LogP contribution in [0.5, 0.6) is 0 Å². The van der Waals surface area contributed by atoms with Gasteiger partial charge in [-0.15, -0.1) is 0 Å². The van der Waals surface area contributed by atoms with Gasteiger partial charge in [0, 0.05) is 0 Å². The number of carbonyl (C=O) groups is 3. The van der Waals surface area contributed by atoms with Crippen LogP contribution in [0.3, 0.4) is 0 Å². The topological polar surface area (TPSA) is 105 Å². The van der Waals surface area contributed by atoms with Crippen LogP contribution in [-0.4, -0.2) is 36.3 Å². The van der Waals surface area contributed by atoms with Crippen LogP contribution in [0.15, 0.2) is 121 Å². The number of benzene rings is 4. The molecule has 4 rings (SSSR count). The van der Waals surface area contributed by atoms with E-state index in [1.165, 1.54) is 7.11 Å². The first-order valence-electron chi connectivity index (χ1n) is 12.9. The minimum Gasteiger partial charge on any atom is -0.469 e. The zero-order chi connectivity index (χ0) is 29.1. The molecule has 0 aliphatic rings. The number of amides is 1. The van der Waals surface area contributed by atoms with Gasteiger partial charge >= 0.3 is 12.1 Å². The number of hydrogen-bond donors (Lipinski definition) is 1. The van der Waals surface area contributed by atoms with Gasteiger partial charge in [0.05, 0.1) is 13.5 Å². The van der Waals surface area contributed by atoms with Gasteiger partial charge in [0.15, 0.2) is 5.78 Å². The molecule has 0 heterocycles. The van der Waals surface area contributed by atoms with Crippen molar-refractivity contribution < 1.29 is 23.9 Å². The van der Waals surface area contributed by atoms with Crippen molar-refractivity contribution in [2.24, 2.45) is 0 Å². The molecule has 206 valence electrons. The van der Waals surface area contributed by atoms with Crippen molar-refractivity contribution >= 4 is 45.9 Å². The Morgan fingerprint density at radius 2 is 1.20 bits per heavy atom. The molecule has 0 aliphatic carbocycles. The van der Waals surface area contributed by atoms with Crippen molar-refractivity contribution in [2.75, 3.05) is 7.11 Å². The van der Waals surface area contributed by atoms with Crippen LogP contribution >= 0.6 is 6.89 Å². The molecule has 4 aromatic rings. The summed E-state index contributed by atoms with van der Waals surface area (Å²) in [6.07, 6.45) is -1.37. The van der Waals surface area contributed by atoms with Gasteiger partial charge in [0.1, 0.15) is 24.0 Å². The molecular weight excluding hydrogens is 535 g/mol. The molecule has 4 aromatic carbocycles. The zero-order valence-electron chi connectivity index (χ0n) is 22.5. The Balaban J connectivity index is 1.89. The highest BCUT2D eigenvalue weighted by Crippen LogP contribution is 2.46. The summed E-state index contributed by atoms with van der Waals surface area (Å²) in [5, 5.41) is 15.5. The van der Waals surface area contributed by atoms with E-state index in [1.807, 2.05) is 109 Å². The number of hydrogen-bond acceptors (Lipinski definition) is 6. The number of Topliss-reactive ketones (excluding diaryl/α,β-unsaturated/α-hetero) is 1. The number of nitriles is 1. The summed E-state index contributed by atoms with van der Waals surface area (Å²) >= 11 is 0. The van der Waals surface area contributed by atoms with Gasteiger partial charge in [0.2, 0.25) is 0 Å². The van der Waals surface area contributed by atoms with Crippen LogP contribution < -0.4 is 21.2 Å². The molecule has 0 aliphatic heterocycles. The Hall–Kier alpha value is -4.92. The molecule has 0 saturated carbocycles. The quantitative estimate of drug-likeness (QED) is 0.230. The van der Waals surface area contributed by atoms with Gasteiger partial charge < -0.3 is 14.8 Å². The van der Waals surface area contributed by atoms with Crippen molar-refractivity contribution in [3.8, 4) is 6.07 Å². The van der Waals surface area contributed by atoms with E-state index in [0.717, 1.165) is 21.5 Å². The number of methoxy groups -OCH3 is 1. The molecule has 8 heteroatoms. The van der Waals surface area contributed by atoms with Gasteiger partial charge in [0.25, 0.3) is 0 Å². The predicted molar refractivity (Wildman–Crippen MR) is 161 cm³/mol. The van der Waals surface area contributed by atoms with E-state index in [1.54, 1.807) is 12.1 Å². The molecule has 0 spiro atoms. The Morgan fingerprint density at radius 1 is 0.756 bits per heavy atom. The molecule has 7 nitrogen and oxygen atoms in total. The number of rotatable bonds is 10. The van der Waals surface area contributed by atoms with Crippen molar-refractivity contribution in [1.82, 2.24) is 5.32 Å². The monoisotopic (exact) mass is 564 g/mol. The van der Waals surface area contributed by atoms with Crippen molar-refractivity contribution in [1.29, 1.82) is 5.26 Å². The van der Waals surface area contributed by atoms with E-state index in [0.29, 0.717) is 0 Å². The molecule has 1 N–H and O–H groups in total. The minimum absolute atomic E-state index is 0.0321. The summed E-state index contributed by atoms with van der Waals surface area (Å²) in [7, 11) is 1.20. The molecule has 0 bridgehead atoms. The summed E-state index contributed by atoms with van der Waals surface area (Å²) in [6, 6.07) is 38.0. The highest BCUT2D eigenvalue weighted by molar-refractivity contribution is 7.97. The highest BCUT2D eigenvalue weighted by atomic mass is 31.2. The zero-order valence-corrected chi connectivity index (χ0v) is 23.4. The smallest absolute Gasteiger partial charge is 0.408 e. The fourth-order valence-electron chi connectivity index (χ4n) is 4.62. The average molecular weight is 565 g/mol. The molecule has 1 unspecified atom stereocenters. The maximum Gasteiger partial charge on any atom is 0.408 e. The van der Waals surface area contributed by atoms with Crippen LogP contribution in [0.2, 0.25) is 0 Å². The first kappa shape index (κ1) is 29.1. The Labute approximate surface area is 239 Å².